The van der Waals surface area contributed by atoms with Crippen LogP contribution in [0.15, 0.2) is 0 Å². The van der Waals surface area contributed by atoms with Gasteiger partial charge in [-0.1, -0.05) is 26.7 Å². The van der Waals surface area contributed by atoms with Gasteiger partial charge < -0.3 is 5.32 Å². The molecule has 5 nitrogen and oxygen atoms in total. The highest BCUT2D eigenvalue weighted by atomic mass is 16.2. The molecule has 21 heavy (non-hydrogen) atoms. The van der Waals surface area contributed by atoms with Crippen LogP contribution in [0.3, 0.4) is 0 Å². The molecular formula is C16H29N3O2. The Morgan fingerprint density at radius 1 is 1.10 bits per heavy atom. The van der Waals surface area contributed by atoms with Crippen LogP contribution in [-0.2, 0) is 4.79 Å². The number of nitrogens with one attached hydrogen (secondary N) is 2. The number of rotatable bonds is 3. The van der Waals surface area contributed by atoms with Crippen molar-refractivity contribution in [3.05, 3.63) is 0 Å². The molecule has 2 rings (SSSR count). The van der Waals surface area contributed by atoms with Crippen LogP contribution in [0.5, 0.6) is 0 Å². The van der Waals surface area contributed by atoms with Crippen molar-refractivity contribution in [2.75, 3.05) is 19.6 Å². The average molecular weight is 295 g/mol. The van der Waals surface area contributed by atoms with Gasteiger partial charge in [0.15, 0.2) is 0 Å². The second kappa shape index (κ2) is 7.78. The maximum absolute atomic E-state index is 11.9. The van der Waals surface area contributed by atoms with Crippen LogP contribution in [0.2, 0.25) is 0 Å². The summed E-state index contributed by atoms with van der Waals surface area (Å²) in [5, 5.41) is 5.44. The van der Waals surface area contributed by atoms with Crippen molar-refractivity contribution >= 4 is 11.9 Å². The van der Waals surface area contributed by atoms with Crippen LogP contribution in [0.1, 0.15) is 52.4 Å². The van der Waals surface area contributed by atoms with E-state index in [0.29, 0.717) is 18.4 Å². The van der Waals surface area contributed by atoms with Gasteiger partial charge in [0.05, 0.1) is 6.54 Å². The molecule has 0 aromatic heterocycles. The van der Waals surface area contributed by atoms with Gasteiger partial charge >= 0.3 is 6.03 Å². The fraction of sp³-hybridized carbons (Fsp3) is 0.875. The summed E-state index contributed by atoms with van der Waals surface area (Å²) in [5.74, 6) is 0.955. The molecular weight excluding hydrogens is 266 g/mol. The maximum Gasteiger partial charge on any atom is 0.321 e. The Morgan fingerprint density at radius 2 is 1.86 bits per heavy atom. The number of likely N-dealkylation sites (tertiary alicyclic amines) is 1. The summed E-state index contributed by atoms with van der Waals surface area (Å²) in [5.41, 5.74) is 0. The van der Waals surface area contributed by atoms with Gasteiger partial charge in [0, 0.05) is 12.6 Å². The number of imide groups is 1. The minimum Gasteiger partial charge on any atom is -0.335 e. The lowest BCUT2D eigenvalue weighted by Crippen LogP contribution is -2.50. The molecule has 1 aliphatic heterocycles. The second-order valence-corrected chi connectivity index (χ2v) is 6.87. The molecule has 1 heterocycles. The van der Waals surface area contributed by atoms with Crippen LogP contribution in [0, 0.1) is 11.8 Å². The van der Waals surface area contributed by atoms with E-state index in [9.17, 15) is 9.59 Å². The molecule has 0 bridgehead atoms. The van der Waals surface area contributed by atoms with E-state index in [1.54, 1.807) is 0 Å². The summed E-state index contributed by atoms with van der Waals surface area (Å²) in [4.78, 5) is 26.0. The number of carbonyl (C=O) groups is 2. The SMILES string of the molecule is CC1CCCN(CC(=O)NC(=O)NC2CCCCC2C)C1. The van der Waals surface area contributed by atoms with Gasteiger partial charge in [-0.3, -0.25) is 15.0 Å². The molecule has 3 unspecified atom stereocenters. The van der Waals surface area contributed by atoms with Crippen molar-refractivity contribution in [2.45, 2.75) is 58.4 Å². The van der Waals surface area contributed by atoms with Crippen molar-refractivity contribution in [1.82, 2.24) is 15.5 Å². The van der Waals surface area contributed by atoms with E-state index in [1.165, 1.54) is 12.8 Å². The molecule has 1 saturated heterocycles. The molecule has 3 amide bonds. The molecule has 0 spiro atoms. The highest BCUT2D eigenvalue weighted by molar-refractivity contribution is 5.95. The lowest BCUT2D eigenvalue weighted by atomic mass is 9.86. The lowest BCUT2D eigenvalue weighted by molar-refractivity contribution is -0.121. The van der Waals surface area contributed by atoms with Gasteiger partial charge in [0.25, 0.3) is 0 Å². The smallest absolute Gasteiger partial charge is 0.321 e. The van der Waals surface area contributed by atoms with Gasteiger partial charge in [0.1, 0.15) is 0 Å². The number of urea groups is 1. The van der Waals surface area contributed by atoms with E-state index in [4.69, 9.17) is 0 Å². The second-order valence-electron chi connectivity index (χ2n) is 6.87. The van der Waals surface area contributed by atoms with Gasteiger partial charge in [0.2, 0.25) is 5.91 Å². The van der Waals surface area contributed by atoms with Crippen LogP contribution in [0.4, 0.5) is 4.79 Å². The molecule has 0 aromatic rings. The quantitative estimate of drug-likeness (QED) is 0.838. The monoisotopic (exact) mass is 295 g/mol. The summed E-state index contributed by atoms with van der Waals surface area (Å²) in [6.45, 7) is 6.62. The first-order valence-corrected chi connectivity index (χ1v) is 8.37. The summed E-state index contributed by atoms with van der Waals surface area (Å²) >= 11 is 0. The molecule has 3 atom stereocenters. The number of hydrogen-bond acceptors (Lipinski definition) is 3. The van der Waals surface area contributed by atoms with Gasteiger partial charge in [-0.25, -0.2) is 4.79 Å². The maximum atomic E-state index is 11.9. The van der Waals surface area contributed by atoms with Crippen molar-refractivity contribution in [2.24, 2.45) is 11.8 Å². The van der Waals surface area contributed by atoms with E-state index >= 15 is 0 Å². The van der Waals surface area contributed by atoms with Crippen molar-refractivity contribution in [3.63, 3.8) is 0 Å². The number of hydrogen-bond donors (Lipinski definition) is 2. The molecule has 2 fully saturated rings. The number of carbonyl (C=O) groups excluding carboxylic acids is 2. The Morgan fingerprint density at radius 3 is 2.57 bits per heavy atom. The van der Waals surface area contributed by atoms with Crippen LogP contribution >= 0.6 is 0 Å². The Kier molecular flexibility index (Phi) is 6.03. The highest BCUT2D eigenvalue weighted by Crippen LogP contribution is 2.23. The zero-order chi connectivity index (χ0) is 15.2. The predicted octanol–water partition coefficient (Wildman–Crippen LogP) is 2.12. The number of nitrogens with zero attached hydrogens (tertiary/aromatic N) is 1. The fourth-order valence-corrected chi connectivity index (χ4v) is 3.53. The summed E-state index contributed by atoms with van der Waals surface area (Å²) in [7, 11) is 0. The van der Waals surface area contributed by atoms with Crippen LogP contribution in [0.25, 0.3) is 0 Å². The molecule has 120 valence electrons. The minimum atomic E-state index is -0.330. The standard InChI is InChI=1S/C16H29N3O2/c1-12-6-5-9-19(10-12)11-15(20)18-16(21)17-14-8-4-3-7-13(14)2/h12-14H,3-11H2,1-2H3,(H2,17,18,20,21). The summed E-state index contributed by atoms with van der Waals surface area (Å²) < 4.78 is 0. The van der Waals surface area contributed by atoms with Gasteiger partial charge in [-0.15, -0.1) is 0 Å². The summed E-state index contributed by atoms with van der Waals surface area (Å²) in [6, 6.07) is -0.120. The predicted molar refractivity (Wildman–Crippen MR) is 82.9 cm³/mol. The third-order valence-corrected chi connectivity index (χ3v) is 4.79. The van der Waals surface area contributed by atoms with E-state index in [-0.39, 0.29) is 18.0 Å². The van der Waals surface area contributed by atoms with E-state index in [1.807, 2.05) is 0 Å². The summed E-state index contributed by atoms with van der Waals surface area (Å²) in [6.07, 6.45) is 6.96. The van der Waals surface area contributed by atoms with E-state index < -0.39 is 0 Å². The van der Waals surface area contributed by atoms with Crippen LogP contribution in [-0.4, -0.2) is 42.5 Å². The van der Waals surface area contributed by atoms with Gasteiger partial charge in [-0.05, 0) is 44.1 Å². The Hall–Kier alpha value is -1.10. The first-order valence-electron chi connectivity index (χ1n) is 8.37. The Labute approximate surface area is 127 Å². The fourth-order valence-electron chi connectivity index (χ4n) is 3.53. The molecule has 2 aliphatic rings. The zero-order valence-electron chi connectivity index (χ0n) is 13.4. The molecule has 0 aromatic carbocycles. The zero-order valence-corrected chi connectivity index (χ0v) is 13.4. The normalized spacial score (nSPS) is 30.7. The molecule has 2 N–H and O–H groups in total. The average Bonchev–Trinajstić information content (AvgIpc) is 2.41. The third-order valence-electron chi connectivity index (χ3n) is 4.79. The molecule has 1 aliphatic carbocycles. The minimum absolute atomic E-state index is 0.190. The topological polar surface area (TPSA) is 61.4 Å². The molecule has 5 heteroatoms. The van der Waals surface area contributed by atoms with Gasteiger partial charge in [-0.2, -0.15) is 0 Å². The number of piperidine rings is 1. The first kappa shape index (κ1) is 16.3. The first-order chi connectivity index (χ1) is 10.0. The molecule has 0 radical (unpaired) electrons. The highest BCUT2D eigenvalue weighted by Gasteiger charge is 2.24. The molecule has 1 saturated carbocycles. The van der Waals surface area contributed by atoms with Crippen molar-refractivity contribution in [1.29, 1.82) is 0 Å². The lowest BCUT2D eigenvalue weighted by Gasteiger charge is -2.31. The number of amides is 3. The van der Waals surface area contributed by atoms with E-state index in [2.05, 4.69) is 29.4 Å². The largest absolute Gasteiger partial charge is 0.335 e. The third kappa shape index (κ3) is 5.30. The van der Waals surface area contributed by atoms with Crippen molar-refractivity contribution < 1.29 is 9.59 Å². The van der Waals surface area contributed by atoms with E-state index in [0.717, 1.165) is 38.8 Å². The Balaban J connectivity index is 1.70. The Bertz CT molecular complexity index is 373. The van der Waals surface area contributed by atoms with Crippen LogP contribution < -0.4 is 10.6 Å². The van der Waals surface area contributed by atoms with Crippen molar-refractivity contribution in [3.8, 4) is 0 Å².